The highest BCUT2D eigenvalue weighted by Gasteiger charge is 2.08. The van der Waals surface area contributed by atoms with Gasteiger partial charge in [0.05, 0.1) is 16.7 Å². The van der Waals surface area contributed by atoms with E-state index in [4.69, 9.17) is 0 Å². The molecule has 2 rings (SSSR count). The highest BCUT2D eigenvalue weighted by atomic mass is 79.9. The molecule has 0 fully saturated rings. The van der Waals surface area contributed by atoms with Crippen LogP contribution in [0.3, 0.4) is 0 Å². The maximum absolute atomic E-state index is 11.7. The molecule has 0 radical (unpaired) electrons. The summed E-state index contributed by atoms with van der Waals surface area (Å²) in [5.41, 5.74) is 1.74. The van der Waals surface area contributed by atoms with Crippen LogP contribution >= 0.6 is 15.9 Å². The summed E-state index contributed by atoms with van der Waals surface area (Å²) in [5.74, 6) is -0.0705. The summed E-state index contributed by atoms with van der Waals surface area (Å²) < 4.78 is 0.729. The molecule has 0 saturated carbocycles. The Morgan fingerprint density at radius 3 is 2.68 bits per heavy atom. The summed E-state index contributed by atoms with van der Waals surface area (Å²) in [5, 5.41) is 5.90. The van der Waals surface area contributed by atoms with E-state index in [0.717, 1.165) is 11.0 Å². The Bertz CT molecular complexity index is 647. The molecule has 0 aliphatic carbocycles. The number of anilines is 1. The number of carbonyl (C=O) groups is 1. The van der Waals surface area contributed by atoms with E-state index >= 15 is 0 Å². The second kappa shape index (κ2) is 6.03. The Kier molecular flexibility index (Phi) is 4.39. The zero-order valence-corrected chi connectivity index (χ0v) is 12.1. The third kappa shape index (κ3) is 3.45. The van der Waals surface area contributed by atoms with E-state index in [0.29, 0.717) is 29.7 Å². The number of imidazole rings is 1. The molecule has 0 unspecified atom stereocenters. The number of hydrogen-bond acceptors (Lipinski definition) is 3. The highest BCUT2D eigenvalue weighted by molar-refractivity contribution is 9.10. The van der Waals surface area contributed by atoms with Gasteiger partial charge in [0.2, 0.25) is 5.91 Å². The average Bonchev–Trinajstić information content (AvgIpc) is 2.69. The second-order valence-electron chi connectivity index (χ2n) is 4.11. The van der Waals surface area contributed by atoms with E-state index in [1.165, 1.54) is 0 Å². The van der Waals surface area contributed by atoms with E-state index in [1.54, 1.807) is 12.1 Å². The predicted octanol–water partition coefficient (Wildman–Crippen LogP) is 1.56. The maximum Gasteiger partial charge on any atom is 0.323 e. The Balaban J connectivity index is 2.13. The van der Waals surface area contributed by atoms with Gasteiger partial charge in [0.15, 0.2) is 0 Å². The van der Waals surface area contributed by atoms with Gasteiger partial charge in [0.25, 0.3) is 0 Å². The zero-order chi connectivity index (χ0) is 13.8. The molecule has 6 nitrogen and oxygen atoms in total. The van der Waals surface area contributed by atoms with Crippen molar-refractivity contribution in [2.75, 3.05) is 18.4 Å². The molecule has 0 atom stereocenters. The summed E-state index contributed by atoms with van der Waals surface area (Å²) in [6, 6.07) is 3.48. The van der Waals surface area contributed by atoms with Crippen molar-refractivity contribution in [3.63, 3.8) is 0 Å². The SMILES string of the molecule is CCNCCC(=O)Nc1cc2[nH]c(=O)[nH]c2cc1Br. The van der Waals surface area contributed by atoms with Crippen molar-refractivity contribution in [3.8, 4) is 0 Å². The summed E-state index contributed by atoms with van der Waals surface area (Å²) in [7, 11) is 0. The number of carbonyl (C=O) groups excluding carboxylic acids is 1. The molecule has 0 bridgehead atoms. The molecule has 0 aliphatic heterocycles. The number of H-pyrrole nitrogens is 2. The van der Waals surface area contributed by atoms with Gasteiger partial charge in [-0.15, -0.1) is 0 Å². The lowest BCUT2D eigenvalue weighted by molar-refractivity contribution is -0.116. The summed E-state index contributed by atoms with van der Waals surface area (Å²) in [6.07, 6.45) is 0.405. The van der Waals surface area contributed by atoms with E-state index in [-0.39, 0.29) is 11.6 Å². The van der Waals surface area contributed by atoms with Crippen LogP contribution in [0.25, 0.3) is 11.0 Å². The van der Waals surface area contributed by atoms with E-state index in [9.17, 15) is 9.59 Å². The van der Waals surface area contributed by atoms with Crippen LogP contribution in [0.1, 0.15) is 13.3 Å². The van der Waals surface area contributed by atoms with Gasteiger partial charge in [-0.1, -0.05) is 6.92 Å². The maximum atomic E-state index is 11.7. The van der Waals surface area contributed by atoms with Crippen LogP contribution in [0.2, 0.25) is 0 Å². The Morgan fingerprint density at radius 2 is 2.00 bits per heavy atom. The van der Waals surface area contributed by atoms with Crippen molar-refractivity contribution in [2.45, 2.75) is 13.3 Å². The fourth-order valence-corrected chi connectivity index (χ4v) is 2.19. The number of amides is 1. The number of aromatic nitrogens is 2. The smallest absolute Gasteiger partial charge is 0.323 e. The van der Waals surface area contributed by atoms with Gasteiger partial charge in [-0.2, -0.15) is 0 Å². The molecule has 19 heavy (non-hydrogen) atoms. The van der Waals surface area contributed by atoms with E-state index in [1.807, 2.05) is 6.92 Å². The molecular formula is C12H15BrN4O2. The Hall–Kier alpha value is -1.60. The van der Waals surface area contributed by atoms with Gasteiger partial charge in [-0.3, -0.25) is 4.79 Å². The van der Waals surface area contributed by atoms with Crippen molar-refractivity contribution >= 4 is 38.6 Å². The first-order valence-corrected chi connectivity index (χ1v) is 6.81. The molecule has 102 valence electrons. The molecule has 7 heteroatoms. The van der Waals surface area contributed by atoms with Crippen LogP contribution in [0.15, 0.2) is 21.4 Å². The Morgan fingerprint density at radius 1 is 1.32 bits per heavy atom. The molecule has 1 aromatic carbocycles. The molecule has 0 saturated heterocycles. The van der Waals surface area contributed by atoms with Crippen molar-refractivity contribution < 1.29 is 4.79 Å². The first-order chi connectivity index (χ1) is 9.10. The van der Waals surface area contributed by atoms with Crippen LogP contribution < -0.4 is 16.3 Å². The third-order valence-corrected chi connectivity index (χ3v) is 3.31. The third-order valence-electron chi connectivity index (χ3n) is 2.66. The van der Waals surface area contributed by atoms with Crippen LogP contribution in [-0.4, -0.2) is 29.0 Å². The number of aromatic amines is 2. The van der Waals surface area contributed by atoms with Crippen LogP contribution in [-0.2, 0) is 4.79 Å². The van der Waals surface area contributed by atoms with Crippen LogP contribution in [0.5, 0.6) is 0 Å². The number of hydrogen-bond donors (Lipinski definition) is 4. The normalized spacial score (nSPS) is 10.8. The van der Waals surface area contributed by atoms with Gasteiger partial charge in [-0.05, 0) is 34.6 Å². The predicted molar refractivity (Wildman–Crippen MR) is 78.4 cm³/mol. The molecule has 0 aliphatic rings. The topological polar surface area (TPSA) is 89.8 Å². The first-order valence-electron chi connectivity index (χ1n) is 6.02. The molecular weight excluding hydrogens is 312 g/mol. The number of benzene rings is 1. The molecule has 1 heterocycles. The lowest BCUT2D eigenvalue weighted by Gasteiger charge is -2.07. The zero-order valence-electron chi connectivity index (χ0n) is 10.5. The first kappa shape index (κ1) is 13.8. The number of halogens is 1. The monoisotopic (exact) mass is 326 g/mol. The summed E-state index contributed by atoms with van der Waals surface area (Å²) in [6.45, 7) is 3.47. The number of fused-ring (bicyclic) bond motifs is 1. The minimum atomic E-state index is -0.266. The fraction of sp³-hybridized carbons (Fsp3) is 0.333. The number of rotatable bonds is 5. The highest BCUT2D eigenvalue weighted by Crippen LogP contribution is 2.26. The largest absolute Gasteiger partial charge is 0.325 e. The minimum absolute atomic E-state index is 0.0705. The number of nitrogens with one attached hydrogen (secondary N) is 4. The van der Waals surface area contributed by atoms with E-state index in [2.05, 4.69) is 36.5 Å². The molecule has 1 amide bonds. The molecule has 2 aromatic rings. The quantitative estimate of drug-likeness (QED) is 0.628. The average molecular weight is 327 g/mol. The van der Waals surface area contributed by atoms with Crippen LogP contribution in [0, 0.1) is 0 Å². The van der Waals surface area contributed by atoms with Crippen molar-refractivity contribution in [1.82, 2.24) is 15.3 Å². The van der Waals surface area contributed by atoms with Gasteiger partial charge >= 0.3 is 5.69 Å². The van der Waals surface area contributed by atoms with Crippen LogP contribution in [0.4, 0.5) is 5.69 Å². The van der Waals surface area contributed by atoms with Gasteiger partial charge in [0.1, 0.15) is 0 Å². The molecule has 1 aromatic heterocycles. The van der Waals surface area contributed by atoms with Crippen molar-refractivity contribution in [2.24, 2.45) is 0 Å². The van der Waals surface area contributed by atoms with Gasteiger partial charge in [0, 0.05) is 17.4 Å². The summed E-state index contributed by atoms with van der Waals surface area (Å²) in [4.78, 5) is 28.2. The van der Waals surface area contributed by atoms with Gasteiger partial charge < -0.3 is 20.6 Å². The van der Waals surface area contributed by atoms with Crippen molar-refractivity contribution in [1.29, 1.82) is 0 Å². The lowest BCUT2D eigenvalue weighted by atomic mass is 10.2. The van der Waals surface area contributed by atoms with Crippen molar-refractivity contribution in [3.05, 3.63) is 27.1 Å². The molecule has 4 N–H and O–H groups in total. The fourth-order valence-electron chi connectivity index (χ4n) is 1.74. The lowest BCUT2D eigenvalue weighted by Crippen LogP contribution is -2.21. The standard InChI is InChI=1S/C12H15BrN4O2/c1-2-14-4-3-11(18)15-8-6-10-9(5-7(8)13)16-12(19)17-10/h5-6,14H,2-4H2,1H3,(H,15,18)(H2,16,17,19). The minimum Gasteiger partial charge on any atom is -0.325 e. The molecule has 0 spiro atoms. The summed E-state index contributed by atoms with van der Waals surface area (Å²) >= 11 is 3.37. The Labute approximate surface area is 118 Å². The second-order valence-corrected chi connectivity index (χ2v) is 4.96. The van der Waals surface area contributed by atoms with Gasteiger partial charge in [-0.25, -0.2) is 4.79 Å². The van der Waals surface area contributed by atoms with E-state index < -0.39 is 0 Å².